The van der Waals surface area contributed by atoms with Gasteiger partial charge in [-0.2, -0.15) is 0 Å². The van der Waals surface area contributed by atoms with Gasteiger partial charge in [-0.15, -0.1) is 0 Å². The van der Waals surface area contributed by atoms with E-state index in [9.17, 15) is 0 Å². The van der Waals surface area contributed by atoms with E-state index in [1.807, 2.05) is 0 Å². The lowest BCUT2D eigenvalue weighted by atomic mass is 9.67. The Bertz CT molecular complexity index is 782. The van der Waals surface area contributed by atoms with Crippen molar-refractivity contribution < 1.29 is 0 Å². The monoisotopic (exact) mass is 334 g/mol. The van der Waals surface area contributed by atoms with Gasteiger partial charge in [0.25, 0.3) is 0 Å². The predicted octanol–water partition coefficient (Wildman–Crippen LogP) is 6.89. The third kappa shape index (κ3) is 3.16. The standard InChI is InChI=1S/C25H34/c1-15-10-19(24(4,5)6)11-16(2)22(15)21-14-18-13-20(25(7,8)9)12-17(3)23(18)21/h10-13,21H,14H2,1-9H3. The Labute approximate surface area is 154 Å². The van der Waals surface area contributed by atoms with Crippen LogP contribution in [0.15, 0.2) is 24.3 Å². The van der Waals surface area contributed by atoms with Crippen molar-refractivity contribution >= 4 is 0 Å². The Kier molecular flexibility index (Phi) is 4.18. The summed E-state index contributed by atoms with van der Waals surface area (Å²) in [4.78, 5) is 0. The summed E-state index contributed by atoms with van der Waals surface area (Å²) in [5.74, 6) is 0.582. The van der Waals surface area contributed by atoms with Gasteiger partial charge in [-0.05, 0) is 82.5 Å². The molecule has 25 heavy (non-hydrogen) atoms. The Hall–Kier alpha value is -1.56. The van der Waals surface area contributed by atoms with Crippen molar-refractivity contribution in [1.29, 1.82) is 0 Å². The molecule has 1 unspecified atom stereocenters. The Balaban J connectivity index is 2.05. The molecule has 134 valence electrons. The molecule has 0 bridgehead atoms. The van der Waals surface area contributed by atoms with Gasteiger partial charge in [-0.3, -0.25) is 0 Å². The normalized spacial score (nSPS) is 17.2. The third-order valence-electron chi connectivity index (χ3n) is 5.92. The van der Waals surface area contributed by atoms with Gasteiger partial charge >= 0.3 is 0 Å². The highest BCUT2D eigenvalue weighted by Gasteiger charge is 2.33. The molecule has 1 aliphatic carbocycles. The fourth-order valence-electron chi connectivity index (χ4n) is 4.37. The van der Waals surface area contributed by atoms with E-state index in [1.54, 1.807) is 16.7 Å². The summed E-state index contributed by atoms with van der Waals surface area (Å²) in [6, 6.07) is 9.70. The molecule has 1 atom stereocenters. The molecule has 3 rings (SSSR count). The van der Waals surface area contributed by atoms with E-state index in [0.29, 0.717) is 5.92 Å². The lowest BCUT2D eigenvalue weighted by Crippen LogP contribution is -2.24. The minimum Gasteiger partial charge on any atom is -0.0561 e. The van der Waals surface area contributed by atoms with Crippen molar-refractivity contribution in [3.05, 3.63) is 68.8 Å². The summed E-state index contributed by atoms with van der Waals surface area (Å²) >= 11 is 0. The topological polar surface area (TPSA) is 0 Å². The van der Waals surface area contributed by atoms with Gasteiger partial charge in [0.1, 0.15) is 0 Å². The van der Waals surface area contributed by atoms with Crippen molar-refractivity contribution in [2.75, 3.05) is 0 Å². The molecule has 0 saturated heterocycles. The minimum absolute atomic E-state index is 0.211. The summed E-state index contributed by atoms with van der Waals surface area (Å²) in [6.07, 6.45) is 1.19. The Morgan fingerprint density at radius 3 is 1.44 bits per heavy atom. The first-order chi connectivity index (χ1) is 11.4. The maximum absolute atomic E-state index is 2.45. The van der Waals surface area contributed by atoms with Crippen LogP contribution in [0, 0.1) is 20.8 Å². The molecule has 0 spiro atoms. The van der Waals surface area contributed by atoms with E-state index >= 15 is 0 Å². The molecular weight excluding hydrogens is 300 g/mol. The fourth-order valence-corrected chi connectivity index (χ4v) is 4.37. The van der Waals surface area contributed by atoms with Crippen molar-refractivity contribution in [2.45, 2.75) is 85.5 Å². The number of hydrogen-bond donors (Lipinski definition) is 0. The number of benzene rings is 2. The second-order valence-electron chi connectivity index (χ2n) is 10.1. The maximum Gasteiger partial charge on any atom is 0.0140 e. The number of rotatable bonds is 1. The fraction of sp³-hybridized carbons (Fsp3) is 0.520. The van der Waals surface area contributed by atoms with Gasteiger partial charge in [0, 0.05) is 5.92 Å². The van der Waals surface area contributed by atoms with E-state index < -0.39 is 0 Å². The molecule has 0 nitrogen and oxygen atoms in total. The van der Waals surface area contributed by atoms with Crippen LogP contribution in [0.4, 0.5) is 0 Å². The van der Waals surface area contributed by atoms with Crippen molar-refractivity contribution in [1.82, 2.24) is 0 Å². The summed E-state index contributed by atoms with van der Waals surface area (Å²) in [5.41, 5.74) is 12.5. The van der Waals surface area contributed by atoms with Crippen LogP contribution in [-0.4, -0.2) is 0 Å². The van der Waals surface area contributed by atoms with E-state index in [-0.39, 0.29) is 10.8 Å². The highest BCUT2D eigenvalue weighted by atomic mass is 14.4. The predicted molar refractivity (Wildman–Crippen MR) is 110 cm³/mol. The molecule has 1 aliphatic rings. The van der Waals surface area contributed by atoms with Gasteiger partial charge in [0.05, 0.1) is 0 Å². The maximum atomic E-state index is 2.45. The quantitative estimate of drug-likeness (QED) is 0.532. The SMILES string of the molecule is Cc1cc(C(C)(C)C)cc(C)c1C1Cc2cc(C(C)(C)C)cc(C)c21. The van der Waals surface area contributed by atoms with E-state index in [0.717, 1.165) is 0 Å². The lowest BCUT2D eigenvalue weighted by Gasteiger charge is -2.37. The molecule has 0 amide bonds. The highest BCUT2D eigenvalue weighted by Crippen LogP contribution is 2.46. The number of aryl methyl sites for hydroxylation is 3. The van der Waals surface area contributed by atoms with Crippen LogP contribution >= 0.6 is 0 Å². The molecule has 2 aromatic rings. The second kappa shape index (κ2) is 5.73. The zero-order chi connectivity index (χ0) is 18.7. The minimum atomic E-state index is 0.211. The molecule has 0 aromatic heterocycles. The summed E-state index contributed by atoms with van der Waals surface area (Å²) in [7, 11) is 0. The summed E-state index contributed by atoms with van der Waals surface area (Å²) in [5, 5.41) is 0. The van der Waals surface area contributed by atoms with Crippen molar-refractivity contribution in [3.8, 4) is 0 Å². The second-order valence-corrected chi connectivity index (χ2v) is 10.1. The highest BCUT2D eigenvalue weighted by molar-refractivity contribution is 5.57. The zero-order valence-corrected chi connectivity index (χ0v) is 17.6. The van der Waals surface area contributed by atoms with E-state index in [2.05, 4.69) is 86.6 Å². The van der Waals surface area contributed by atoms with Crippen LogP contribution < -0.4 is 0 Å². The molecule has 0 aliphatic heterocycles. The largest absolute Gasteiger partial charge is 0.0561 e. The first kappa shape index (κ1) is 18.2. The molecule has 2 aromatic carbocycles. The van der Waals surface area contributed by atoms with Crippen LogP contribution in [-0.2, 0) is 17.3 Å². The van der Waals surface area contributed by atoms with Gasteiger partial charge in [0.15, 0.2) is 0 Å². The molecule has 0 radical (unpaired) electrons. The average molecular weight is 335 g/mol. The molecule has 0 saturated carbocycles. The smallest absolute Gasteiger partial charge is 0.0140 e. The molecule has 0 fully saturated rings. The first-order valence-electron chi connectivity index (χ1n) is 9.65. The van der Waals surface area contributed by atoms with Crippen LogP contribution in [0.2, 0.25) is 0 Å². The molecule has 0 heteroatoms. The first-order valence-corrected chi connectivity index (χ1v) is 9.65. The number of hydrogen-bond acceptors (Lipinski definition) is 0. The summed E-state index contributed by atoms with van der Waals surface area (Å²) in [6.45, 7) is 20.7. The van der Waals surface area contributed by atoms with Crippen molar-refractivity contribution in [2.24, 2.45) is 0 Å². The molecule has 0 N–H and O–H groups in total. The third-order valence-corrected chi connectivity index (χ3v) is 5.92. The Morgan fingerprint density at radius 1 is 0.640 bits per heavy atom. The Morgan fingerprint density at radius 2 is 1.04 bits per heavy atom. The van der Waals surface area contributed by atoms with Gasteiger partial charge < -0.3 is 0 Å². The number of fused-ring (bicyclic) bond motifs is 1. The van der Waals surface area contributed by atoms with Gasteiger partial charge in [0.2, 0.25) is 0 Å². The van der Waals surface area contributed by atoms with Crippen molar-refractivity contribution in [3.63, 3.8) is 0 Å². The van der Waals surface area contributed by atoms with Gasteiger partial charge in [-0.25, -0.2) is 0 Å². The van der Waals surface area contributed by atoms with Crippen LogP contribution in [0.25, 0.3) is 0 Å². The van der Waals surface area contributed by atoms with E-state index in [1.165, 1.54) is 34.2 Å². The zero-order valence-electron chi connectivity index (χ0n) is 17.6. The van der Waals surface area contributed by atoms with E-state index in [4.69, 9.17) is 0 Å². The average Bonchev–Trinajstić information content (AvgIpc) is 2.40. The summed E-state index contributed by atoms with van der Waals surface area (Å²) < 4.78 is 0. The molecular formula is C25H34. The lowest BCUT2D eigenvalue weighted by molar-refractivity contribution is 0.580. The van der Waals surface area contributed by atoms with Gasteiger partial charge in [-0.1, -0.05) is 65.8 Å². The van der Waals surface area contributed by atoms with Crippen LogP contribution in [0.3, 0.4) is 0 Å². The van der Waals surface area contributed by atoms with Crippen LogP contribution in [0.1, 0.15) is 92.0 Å². The van der Waals surface area contributed by atoms with Crippen LogP contribution in [0.5, 0.6) is 0 Å². The molecule has 0 heterocycles.